The lowest BCUT2D eigenvalue weighted by molar-refractivity contribution is -0.130. The number of halogens is 1. The molecule has 0 aliphatic heterocycles. The molecule has 0 radical (unpaired) electrons. The van der Waals surface area contributed by atoms with E-state index in [0.717, 1.165) is 17.5 Å². The van der Waals surface area contributed by atoms with Gasteiger partial charge in [0.25, 0.3) is 0 Å². The number of para-hydroxylation sites is 2. The number of imidazole rings is 1. The number of fused-ring (bicyclic) bond motifs is 1. The Labute approximate surface area is 157 Å². The van der Waals surface area contributed by atoms with Crippen LogP contribution >= 0.6 is 0 Å². The van der Waals surface area contributed by atoms with Crippen molar-refractivity contribution in [3.05, 3.63) is 70.4 Å². The molecule has 5 nitrogen and oxygen atoms in total. The van der Waals surface area contributed by atoms with Crippen LogP contribution in [0.3, 0.4) is 0 Å². The molecule has 0 bridgehead atoms. The van der Waals surface area contributed by atoms with Crippen molar-refractivity contribution in [2.45, 2.75) is 39.4 Å². The average Bonchev–Trinajstić information content (AvgIpc) is 2.93. The van der Waals surface area contributed by atoms with Crippen LogP contribution in [0.4, 0.5) is 4.39 Å². The molecule has 0 aliphatic carbocycles. The molecule has 1 aromatic heterocycles. The van der Waals surface area contributed by atoms with Crippen LogP contribution in [0.5, 0.6) is 0 Å². The summed E-state index contributed by atoms with van der Waals surface area (Å²) in [5.74, 6) is -0.450. The lowest BCUT2D eigenvalue weighted by atomic mass is 10.2. The van der Waals surface area contributed by atoms with Crippen molar-refractivity contribution >= 4 is 16.9 Å². The van der Waals surface area contributed by atoms with Gasteiger partial charge >= 0.3 is 5.69 Å². The first-order valence-corrected chi connectivity index (χ1v) is 9.18. The summed E-state index contributed by atoms with van der Waals surface area (Å²) in [6, 6.07) is 14.0. The van der Waals surface area contributed by atoms with E-state index in [1.807, 2.05) is 31.2 Å². The van der Waals surface area contributed by atoms with Crippen LogP contribution in [-0.2, 0) is 24.4 Å². The minimum Gasteiger partial charge on any atom is -0.341 e. The van der Waals surface area contributed by atoms with Gasteiger partial charge in [0.05, 0.1) is 11.0 Å². The van der Waals surface area contributed by atoms with Crippen molar-refractivity contribution in [3.8, 4) is 0 Å². The van der Waals surface area contributed by atoms with Gasteiger partial charge in [0.2, 0.25) is 5.91 Å². The third kappa shape index (κ3) is 3.94. The molecule has 6 heteroatoms. The van der Waals surface area contributed by atoms with Gasteiger partial charge in [0.15, 0.2) is 0 Å². The van der Waals surface area contributed by atoms with E-state index in [1.165, 1.54) is 11.0 Å². The van der Waals surface area contributed by atoms with Crippen LogP contribution in [0.2, 0.25) is 0 Å². The van der Waals surface area contributed by atoms with Gasteiger partial charge in [-0.1, -0.05) is 37.3 Å². The summed E-state index contributed by atoms with van der Waals surface area (Å²) in [5.41, 5.74) is 2.10. The van der Waals surface area contributed by atoms with E-state index in [0.29, 0.717) is 18.7 Å². The molecule has 3 rings (SSSR count). The van der Waals surface area contributed by atoms with Crippen molar-refractivity contribution in [2.75, 3.05) is 7.05 Å². The first-order chi connectivity index (χ1) is 13.0. The summed E-state index contributed by atoms with van der Waals surface area (Å²) in [7, 11) is 1.65. The number of aryl methyl sites for hydroxylation is 2. The molecule has 27 heavy (non-hydrogen) atoms. The number of rotatable bonds is 7. The van der Waals surface area contributed by atoms with Crippen LogP contribution in [0, 0.1) is 5.82 Å². The highest BCUT2D eigenvalue weighted by atomic mass is 19.1. The first kappa shape index (κ1) is 18.9. The highest BCUT2D eigenvalue weighted by Gasteiger charge is 2.15. The molecule has 3 aromatic rings. The number of nitrogens with zero attached hydrogens (tertiary/aromatic N) is 3. The second kappa shape index (κ2) is 8.20. The Balaban J connectivity index is 1.75. The Morgan fingerprint density at radius 3 is 2.22 bits per heavy atom. The predicted octanol–water partition coefficient (Wildman–Crippen LogP) is 3.40. The normalized spacial score (nSPS) is 11.1. The Morgan fingerprint density at radius 1 is 1.00 bits per heavy atom. The maximum atomic E-state index is 13.8. The maximum absolute atomic E-state index is 13.8. The molecule has 0 aliphatic rings. The summed E-state index contributed by atoms with van der Waals surface area (Å²) in [6.45, 7) is 3.18. The molecule has 0 atom stereocenters. The Kier molecular flexibility index (Phi) is 5.74. The van der Waals surface area contributed by atoms with Crippen molar-refractivity contribution in [2.24, 2.45) is 0 Å². The number of hydrogen-bond donors (Lipinski definition) is 0. The fourth-order valence-corrected chi connectivity index (χ4v) is 3.30. The number of carbonyl (C=O) groups excluding carboxylic acids is 1. The van der Waals surface area contributed by atoms with Crippen LogP contribution in [0.1, 0.15) is 25.3 Å². The van der Waals surface area contributed by atoms with E-state index in [2.05, 4.69) is 0 Å². The number of carbonyl (C=O) groups is 1. The summed E-state index contributed by atoms with van der Waals surface area (Å²) in [4.78, 5) is 26.7. The standard InChI is InChI=1S/C21H24FN3O2/c1-3-13-24-18-10-6-7-11-19(18)25(21(24)27)14-12-20(26)23(2)15-16-8-4-5-9-17(16)22/h4-11H,3,12-15H2,1-2H3. The van der Waals surface area contributed by atoms with Gasteiger partial charge in [-0.2, -0.15) is 0 Å². The van der Waals surface area contributed by atoms with Crippen molar-refractivity contribution in [1.29, 1.82) is 0 Å². The number of hydrogen-bond acceptors (Lipinski definition) is 2. The van der Waals surface area contributed by atoms with E-state index in [4.69, 9.17) is 0 Å². The summed E-state index contributed by atoms with van der Waals surface area (Å²) >= 11 is 0. The fourth-order valence-electron chi connectivity index (χ4n) is 3.30. The van der Waals surface area contributed by atoms with Crippen molar-refractivity contribution < 1.29 is 9.18 Å². The molecule has 0 spiro atoms. The van der Waals surface area contributed by atoms with Gasteiger partial charge in [0.1, 0.15) is 5.82 Å². The zero-order chi connectivity index (χ0) is 19.4. The lowest BCUT2D eigenvalue weighted by Crippen LogP contribution is -2.30. The number of amides is 1. The molecular weight excluding hydrogens is 345 g/mol. The molecular formula is C21H24FN3O2. The molecule has 0 N–H and O–H groups in total. The van der Waals surface area contributed by atoms with Gasteiger partial charge in [-0.05, 0) is 24.6 Å². The molecule has 0 saturated carbocycles. The number of aromatic nitrogens is 2. The summed E-state index contributed by atoms with van der Waals surface area (Å²) < 4.78 is 17.2. The molecule has 1 heterocycles. The van der Waals surface area contributed by atoms with E-state index in [9.17, 15) is 14.0 Å². The van der Waals surface area contributed by atoms with Crippen molar-refractivity contribution in [3.63, 3.8) is 0 Å². The maximum Gasteiger partial charge on any atom is 0.329 e. The molecule has 0 unspecified atom stereocenters. The van der Waals surface area contributed by atoms with Gasteiger partial charge in [-0.25, -0.2) is 9.18 Å². The predicted molar refractivity (Wildman–Crippen MR) is 104 cm³/mol. The zero-order valence-corrected chi connectivity index (χ0v) is 15.7. The highest BCUT2D eigenvalue weighted by molar-refractivity contribution is 5.78. The average molecular weight is 369 g/mol. The minimum atomic E-state index is -0.323. The molecule has 0 fully saturated rings. The van der Waals surface area contributed by atoms with E-state index >= 15 is 0 Å². The highest BCUT2D eigenvalue weighted by Crippen LogP contribution is 2.14. The second-order valence-electron chi connectivity index (χ2n) is 6.67. The smallest absolute Gasteiger partial charge is 0.329 e. The van der Waals surface area contributed by atoms with Gasteiger partial charge in [-0.3, -0.25) is 13.9 Å². The van der Waals surface area contributed by atoms with Gasteiger partial charge in [0, 0.05) is 38.7 Å². The SMILES string of the molecule is CCCn1c(=O)n(CCC(=O)N(C)Cc2ccccc2F)c2ccccc21. The van der Waals surface area contributed by atoms with E-state index < -0.39 is 0 Å². The van der Waals surface area contributed by atoms with Crippen LogP contribution in [-0.4, -0.2) is 27.0 Å². The summed E-state index contributed by atoms with van der Waals surface area (Å²) in [6.07, 6.45) is 1.04. The minimum absolute atomic E-state index is 0.0948. The largest absolute Gasteiger partial charge is 0.341 e. The molecule has 2 aromatic carbocycles. The topological polar surface area (TPSA) is 47.2 Å². The third-order valence-corrected chi connectivity index (χ3v) is 4.71. The van der Waals surface area contributed by atoms with Crippen LogP contribution in [0.25, 0.3) is 11.0 Å². The number of benzene rings is 2. The van der Waals surface area contributed by atoms with Crippen LogP contribution < -0.4 is 5.69 Å². The molecule has 1 amide bonds. The van der Waals surface area contributed by atoms with E-state index in [-0.39, 0.29) is 30.4 Å². The lowest BCUT2D eigenvalue weighted by Gasteiger charge is -2.17. The Morgan fingerprint density at radius 2 is 1.59 bits per heavy atom. The first-order valence-electron chi connectivity index (χ1n) is 9.18. The Hall–Kier alpha value is -2.89. The van der Waals surface area contributed by atoms with Crippen molar-refractivity contribution in [1.82, 2.24) is 14.0 Å². The summed E-state index contributed by atoms with van der Waals surface area (Å²) in [5, 5.41) is 0. The zero-order valence-electron chi connectivity index (χ0n) is 15.7. The second-order valence-corrected chi connectivity index (χ2v) is 6.67. The monoisotopic (exact) mass is 369 g/mol. The quantitative estimate of drug-likeness (QED) is 0.641. The third-order valence-electron chi connectivity index (χ3n) is 4.71. The van der Waals surface area contributed by atoms with E-state index in [1.54, 1.807) is 34.4 Å². The molecule has 142 valence electrons. The van der Waals surface area contributed by atoms with Gasteiger partial charge in [-0.15, -0.1) is 0 Å². The van der Waals surface area contributed by atoms with Crippen LogP contribution in [0.15, 0.2) is 53.3 Å². The fraction of sp³-hybridized carbons (Fsp3) is 0.333. The molecule has 0 saturated heterocycles. The van der Waals surface area contributed by atoms with Gasteiger partial charge < -0.3 is 4.90 Å². The Bertz CT molecular complexity index is 1010.